The largest absolute Gasteiger partial charge is 0.772 e. The van der Waals surface area contributed by atoms with Crippen LogP contribution in [0.25, 0.3) is 21.7 Å². The molecule has 18 heavy (non-hydrogen) atoms. The van der Waals surface area contributed by atoms with Crippen molar-refractivity contribution in [3.63, 3.8) is 0 Å². The summed E-state index contributed by atoms with van der Waals surface area (Å²) in [5.74, 6) is -0.0503. The standard InChI is InChI=1S/C14H11NO2S/c16-18(17)9-14-12-7-2-1-5-10(12)11-6-3-4-8-13(11)15-14/h1-8H,9H2,(H,16,17)/p-1. The van der Waals surface area contributed by atoms with Crippen LogP contribution in [-0.4, -0.2) is 13.7 Å². The predicted molar refractivity (Wildman–Crippen MR) is 71.9 cm³/mol. The molecule has 90 valence electrons. The van der Waals surface area contributed by atoms with Crippen molar-refractivity contribution in [1.29, 1.82) is 0 Å². The number of aromatic nitrogens is 1. The molecule has 2 aromatic carbocycles. The number of rotatable bonds is 2. The van der Waals surface area contributed by atoms with Crippen molar-refractivity contribution in [2.75, 3.05) is 0 Å². The summed E-state index contributed by atoms with van der Waals surface area (Å²) >= 11 is -2.13. The van der Waals surface area contributed by atoms with Crippen molar-refractivity contribution in [3.05, 3.63) is 54.2 Å². The Labute approximate surface area is 107 Å². The molecule has 0 bridgehead atoms. The first-order chi connectivity index (χ1) is 8.75. The zero-order valence-electron chi connectivity index (χ0n) is 9.50. The van der Waals surface area contributed by atoms with E-state index < -0.39 is 11.1 Å². The lowest BCUT2D eigenvalue weighted by molar-refractivity contribution is 0.536. The maximum atomic E-state index is 10.9. The lowest BCUT2D eigenvalue weighted by Gasteiger charge is -2.10. The van der Waals surface area contributed by atoms with E-state index in [0.29, 0.717) is 5.69 Å². The molecule has 1 atom stereocenters. The van der Waals surface area contributed by atoms with Crippen molar-refractivity contribution >= 4 is 32.8 Å². The molecule has 0 saturated heterocycles. The summed E-state index contributed by atoms with van der Waals surface area (Å²) in [6, 6.07) is 15.5. The van der Waals surface area contributed by atoms with Crippen LogP contribution in [-0.2, 0) is 16.8 Å². The van der Waals surface area contributed by atoms with E-state index in [0.717, 1.165) is 21.7 Å². The number of nitrogens with zero attached hydrogens (tertiary/aromatic N) is 1. The molecule has 0 N–H and O–H groups in total. The summed E-state index contributed by atoms with van der Waals surface area (Å²) in [5.41, 5.74) is 1.44. The van der Waals surface area contributed by atoms with E-state index in [-0.39, 0.29) is 5.75 Å². The third kappa shape index (κ3) is 1.89. The molecule has 0 aliphatic carbocycles. The highest BCUT2D eigenvalue weighted by Gasteiger charge is 2.07. The van der Waals surface area contributed by atoms with Crippen LogP contribution < -0.4 is 0 Å². The number of hydrogen-bond donors (Lipinski definition) is 0. The Bertz CT molecular complexity index is 755. The monoisotopic (exact) mass is 256 g/mol. The Balaban J connectivity index is 2.42. The highest BCUT2D eigenvalue weighted by atomic mass is 32.2. The quantitative estimate of drug-likeness (QED) is 0.523. The SMILES string of the molecule is O=S([O-])Cc1nc2ccccc2c2ccccc12. The summed E-state index contributed by atoms with van der Waals surface area (Å²) in [5, 5.41) is 3.00. The van der Waals surface area contributed by atoms with Gasteiger partial charge in [-0.15, -0.1) is 0 Å². The van der Waals surface area contributed by atoms with Gasteiger partial charge in [-0.1, -0.05) is 42.5 Å². The second kappa shape index (κ2) is 4.48. The summed E-state index contributed by atoms with van der Waals surface area (Å²) in [6.07, 6.45) is 0. The molecule has 0 aliphatic rings. The lowest BCUT2D eigenvalue weighted by Crippen LogP contribution is -1.98. The molecule has 3 aromatic rings. The molecule has 0 spiro atoms. The number of para-hydroxylation sites is 1. The van der Waals surface area contributed by atoms with Crippen LogP contribution in [0.3, 0.4) is 0 Å². The van der Waals surface area contributed by atoms with Gasteiger partial charge in [-0.3, -0.25) is 9.19 Å². The summed E-state index contributed by atoms with van der Waals surface area (Å²) in [4.78, 5) is 4.45. The van der Waals surface area contributed by atoms with E-state index in [1.165, 1.54) is 0 Å². The Morgan fingerprint density at radius 1 is 0.944 bits per heavy atom. The lowest BCUT2D eigenvalue weighted by atomic mass is 10.0. The van der Waals surface area contributed by atoms with Crippen LogP contribution in [0.1, 0.15) is 5.69 Å². The minimum absolute atomic E-state index is 0.0503. The van der Waals surface area contributed by atoms with E-state index >= 15 is 0 Å². The molecule has 4 heteroatoms. The van der Waals surface area contributed by atoms with Gasteiger partial charge in [0.2, 0.25) is 0 Å². The Morgan fingerprint density at radius 3 is 2.28 bits per heavy atom. The van der Waals surface area contributed by atoms with Gasteiger partial charge >= 0.3 is 0 Å². The second-order valence-electron chi connectivity index (χ2n) is 4.07. The first-order valence-electron chi connectivity index (χ1n) is 5.58. The van der Waals surface area contributed by atoms with Gasteiger partial charge in [-0.25, -0.2) is 0 Å². The van der Waals surface area contributed by atoms with Crippen molar-refractivity contribution in [3.8, 4) is 0 Å². The number of hydrogen-bond acceptors (Lipinski definition) is 3. The fourth-order valence-electron chi connectivity index (χ4n) is 2.20. The molecule has 0 aliphatic heterocycles. The molecule has 3 nitrogen and oxygen atoms in total. The maximum absolute atomic E-state index is 10.9. The minimum Gasteiger partial charge on any atom is -0.772 e. The van der Waals surface area contributed by atoms with Crippen molar-refractivity contribution in [1.82, 2.24) is 4.98 Å². The molecule has 1 aromatic heterocycles. The fraction of sp³-hybridized carbons (Fsp3) is 0.0714. The molecule has 0 amide bonds. The molecular weight excluding hydrogens is 246 g/mol. The Kier molecular flexibility index (Phi) is 2.81. The molecule has 0 radical (unpaired) electrons. The summed E-state index contributed by atoms with van der Waals surface area (Å²) in [6.45, 7) is 0. The third-order valence-corrected chi connectivity index (χ3v) is 3.45. The van der Waals surface area contributed by atoms with Crippen molar-refractivity contribution < 1.29 is 8.76 Å². The number of fused-ring (bicyclic) bond motifs is 3. The molecule has 1 unspecified atom stereocenters. The van der Waals surface area contributed by atoms with E-state index in [1.54, 1.807) is 0 Å². The topological polar surface area (TPSA) is 53.0 Å². The second-order valence-corrected chi connectivity index (χ2v) is 4.97. The molecule has 0 saturated carbocycles. The van der Waals surface area contributed by atoms with Gasteiger partial charge in [-0.2, -0.15) is 0 Å². The zero-order chi connectivity index (χ0) is 12.5. The van der Waals surface area contributed by atoms with E-state index in [2.05, 4.69) is 4.98 Å². The molecular formula is C14H10NO2S-. The molecule has 0 fully saturated rings. The first kappa shape index (κ1) is 11.3. The number of pyridine rings is 1. The maximum Gasteiger partial charge on any atom is 0.0712 e. The smallest absolute Gasteiger partial charge is 0.0712 e. The van der Waals surface area contributed by atoms with Crippen LogP contribution in [0.2, 0.25) is 0 Å². The van der Waals surface area contributed by atoms with Gasteiger partial charge in [0.25, 0.3) is 0 Å². The van der Waals surface area contributed by atoms with Crippen LogP contribution in [0.4, 0.5) is 0 Å². The van der Waals surface area contributed by atoms with Crippen LogP contribution >= 0.6 is 0 Å². The first-order valence-corrected chi connectivity index (χ1v) is 6.82. The Morgan fingerprint density at radius 2 is 1.56 bits per heavy atom. The molecule has 1 heterocycles. The van der Waals surface area contributed by atoms with E-state index in [4.69, 9.17) is 0 Å². The van der Waals surface area contributed by atoms with Gasteiger partial charge in [0.15, 0.2) is 0 Å². The minimum atomic E-state index is -2.13. The third-order valence-electron chi connectivity index (χ3n) is 2.94. The van der Waals surface area contributed by atoms with Gasteiger partial charge in [0.05, 0.1) is 17.0 Å². The normalized spacial score (nSPS) is 12.9. The highest BCUT2D eigenvalue weighted by Crippen LogP contribution is 2.26. The average molecular weight is 256 g/mol. The van der Waals surface area contributed by atoms with Gasteiger partial charge in [0, 0.05) is 10.8 Å². The van der Waals surface area contributed by atoms with Crippen LogP contribution in [0.5, 0.6) is 0 Å². The van der Waals surface area contributed by atoms with Crippen LogP contribution in [0, 0.1) is 0 Å². The fourth-order valence-corrected chi connectivity index (χ4v) is 2.64. The van der Waals surface area contributed by atoms with E-state index in [9.17, 15) is 8.76 Å². The van der Waals surface area contributed by atoms with Gasteiger partial charge in [-0.05, 0) is 22.5 Å². The predicted octanol–water partition coefficient (Wildman–Crippen LogP) is 2.77. The molecule has 3 rings (SSSR count). The zero-order valence-corrected chi connectivity index (χ0v) is 10.3. The average Bonchev–Trinajstić information content (AvgIpc) is 2.38. The van der Waals surface area contributed by atoms with Gasteiger partial charge < -0.3 is 4.55 Å². The Hall–Kier alpha value is -1.78. The number of benzene rings is 2. The van der Waals surface area contributed by atoms with Crippen LogP contribution in [0.15, 0.2) is 48.5 Å². The summed E-state index contributed by atoms with van der Waals surface area (Å²) in [7, 11) is 0. The van der Waals surface area contributed by atoms with Crippen molar-refractivity contribution in [2.24, 2.45) is 0 Å². The van der Waals surface area contributed by atoms with Gasteiger partial charge in [0.1, 0.15) is 0 Å². The highest BCUT2D eigenvalue weighted by molar-refractivity contribution is 7.78. The van der Waals surface area contributed by atoms with E-state index in [1.807, 2.05) is 48.5 Å². The summed E-state index contributed by atoms with van der Waals surface area (Å²) < 4.78 is 21.8. The van der Waals surface area contributed by atoms with Crippen molar-refractivity contribution in [2.45, 2.75) is 5.75 Å².